The maximum absolute atomic E-state index is 6.38. The molecule has 2 N–H and O–H groups in total. The van der Waals surface area contributed by atoms with Crippen LogP contribution < -0.4 is 10.5 Å². The van der Waals surface area contributed by atoms with E-state index in [9.17, 15) is 0 Å². The minimum atomic E-state index is -0.0675. The molecule has 3 rings (SSSR count). The average molecular weight is 280 g/mol. The zero-order valence-corrected chi connectivity index (χ0v) is 12.5. The Kier molecular flexibility index (Phi) is 3.06. The van der Waals surface area contributed by atoms with Crippen molar-refractivity contribution in [3.05, 3.63) is 28.8 Å². The maximum atomic E-state index is 6.38. The third-order valence-electron chi connectivity index (χ3n) is 4.58. The molecule has 1 aromatic rings. The standard InChI is InChI=1S/C16H22ClNO/c1-15(2)6-3-7-16(10-15)9-13(18)12-8-11(17)4-5-14(12)19-16/h4-5,8,13H,3,6-7,9-10,18H2,1-2H3/t13-,16?/m1/s1. The van der Waals surface area contributed by atoms with Gasteiger partial charge in [-0.05, 0) is 49.3 Å². The average Bonchev–Trinajstić information content (AvgIpc) is 2.29. The zero-order valence-electron chi connectivity index (χ0n) is 11.7. The third kappa shape index (κ3) is 2.48. The van der Waals surface area contributed by atoms with E-state index in [-0.39, 0.29) is 11.6 Å². The van der Waals surface area contributed by atoms with Crippen molar-refractivity contribution in [2.45, 2.75) is 57.6 Å². The first-order valence-electron chi connectivity index (χ1n) is 7.13. The molecule has 1 fully saturated rings. The summed E-state index contributed by atoms with van der Waals surface area (Å²) < 4.78 is 6.38. The lowest BCUT2D eigenvalue weighted by Gasteiger charge is -2.48. The van der Waals surface area contributed by atoms with Gasteiger partial charge in [0.05, 0.1) is 0 Å². The normalized spacial score (nSPS) is 32.7. The molecule has 1 spiro atoms. The molecule has 2 nitrogen and oxygen atoms in total. The van der Waals surface area contributed by atoms with Crippen LogP contribution in [0.3, 0.4) is 0 Å². The summed E-state index contributed by atoms with van der Waals surface area (Å²) in [7, 11) is 0. The lowest BCUT2D eigenvalue weighted by atomic mass is 9.66. The summed E-state index contributed by atoms with van der Waals surface area (Å²) in [5, 5.41) is 0.734. The highest BCUT2D eigenvalue weighted by atomic mass is 35.5. The van der Waals surface area contributed by atoms with Crippen molar-refractivity contribution in [1.29, 1.82) is 0 Å². The fourth-order valence-electron chi connectivity index (χ4n) is 3.89. The Hall–Kier alpha value is -0.730. The highest BCUT2D eigenvalue weighted by Gasteiger charge is 2.45. The second-order valence-corrected chi connectivity index (χ2v) is 7.41. The Bertz CT molecular complexity index is 500. The third-order valence-corrected chi connectivity index (χ3v) is 4.81. The van der Waals surface area contributed by atoms with Gasteiger partial charge in [0.25, 0.3) is 0 Å². The molecule has 0 bridgehead atoms. The first-order chi connectivity index (χ1) is 8.89. The quantitative estimate of drug-likeness (QED) is 0.761. The summed E-state index contributed by atoms with van der Waals surface area (Å²) in [6.07, 6.45) is 5.62. The van der Waals surface area contributed by atoms with Crippen molar-refractivity contribution in [3.8, 4) is 5.75 Å². The van der Waals surface area contributed by atoms with Gasteiger partial charge in [0.2, 0.25) is 0 Å². The van der Waals surface area contributed by atoms with E-state index in [0.717, 1.165) is 35.6 Å². The van der Waals surface area contributed by atoms with Gasteiger partial charge in [-0.2, -0.15) is 0 Å². The summed E-state index contributed by atoms with van der Waals surface area (Å²) >= 11 is 6.05. The Labute approximate surface area is 120 Å². The molecule has 1 aliphatic carbocycles. The van der Waals surface area contributed by atoms with Gasteiger partial charge < -0.3 is 10.5 Å². The number of rotatable bonds is 0. The molecule has 0 aromatic heterocycles. The molecule has 1 aromatic carbocycles. The molecule has 0 radical (unpaired) electrons. The Morgan fingerprint density at radius 3 is 2.84 bits per heavy atom. The van der Waals surface area contributed by atoms with Crippen LogP contribution in [0.4, 0.5) is 0 Å². The predicted molar refractivity (Wildman–Crippen MR) is 78.6 cm³/mol. The van der Waals surface area contributed by atoms with E-state index in [2.05, 4.69) is 13.8 Å². The van der Waals surface area contributed by atoms with Crippen LogP contribution in [0.2, 0.25) is 5.02 Å². The van der Waals surface area contributed by atoms with E-state index in [1.54, 1.807) is 0 Å². The van der Waals surface area contributed by atoms with E-state index in [1.807, 2.05) is 18.2 Å². The van der Waals surface area contributed by atoms with Gasteiger partial charge in [-0.15, -0.1) is 0 Å². The number of fused-ring (bicyclic) bond motifs is 1. The number of benzene rings is 1. The second kappa shape index (κ2) is 4.39. The summed E-state index contributed by atoms with van der Waals surface area (Å²) in [4.78, 5) is 0. The van der Waals surface area contributed by atoms with Crippen LogP contribution in [0.15, 0.2) is 18.2 Å². The lowest BCUT2D eigenvalue weighted by molar-refractivity contribution is -0.0385. The van der Waals surface area contributed by atoms with Crippen LogP contribution in [0, 0.1) is 5.41 Å². The molecule has 0 amide bonds. The molecule has 1 aliphatic heterocycles. The molecule has 1 unspecified atom stereocenters. The SMILES string of the molecule is CC1(C)CCCC2(C[C@@H](N)c3cc(Cl)ccc3O2)C1. The summed E-state index contributed by atoms with van der Waals surface area (Å²) in [6.45, 7) is 4.67. The molecular weight excluding hydrogens is 258 g/mol. The summed E-state index contributed by atoms with van der Waals surface area (Å²) in [5.74, 6) is 0.931. The van der Waals surface area contributed by atoms with Gasteiger partial charge in [-0.25, -0.2) is 0 Å². The van der Waals surface area contributed by atoms with E-state index in [4.69, 9.17) is 22.1 Å². The minimum absolute atomic E-state index is 0.0383. The number of nitrogens with two attached hydrogens (primary N) is 1. The van der Waals surface area contributed by atoms with Crippen LogP contribution >= 0.6 is 11.6 Å². The Morgan fingerprint density at radius 1 is 1.32 bits per heavy atom. The van der Waals surface area contributed by atoms with Crippen molar-refractivity contribution < 1.29 is 4.74 Å². The van der Waals surface area contributed by atoms with Gasteiger partial charge in [-0.3, -0.25) is 0 Å². The van der Waals surface area contributed by atoms with Crippen LogP contribution in [-0.4, -0.2) is 5.60 Å². The Morgan fingerprint density at radius 2 is 2.11 bits per heavy atom. The number of hydrogen-bond donors (Lipinski definition) is 1. The Balaban J connectivity index is 1.94. The van der Waals surface area contributed by atoms with Gasteiger partial charge in [0.1, 0.15) is 11.4 Å². The van der Waals surface area contributed by atoms with Gasteiger partial charge in [0, 0.05) is 23.0 Å². The second-order valence-electron chi connectivity index (χ2n) is 6.97. The highest BCUT2D eigenvalue weighted by Crippen LogP contribution is 2.50. The summed E-state index contributed by atoms with van der Waals surface area (Å²) in [6, 6.07) is 5.85. The summed E-state index contributed by atoms with van der Waals surface area (Å²) in [5.41, 5.74) is 7.71. The van der Waals surface area contributed by atoms with E-state index in [1.165, 1.54) is 12.8 Å². The molecule has 19 heavy (non-hydrogen) atoms. The van der Waals surface area contributed by atoms with Crippen LogP contribution in [0.25, 0.3) is 0 Å². The van der Waals surface area contributed by atoms with E-state index < -0.39 is 0 Å². The van der Waals surface area contributed by atoms with Gasteiger partial charge in [0.15, 0.2) is 0 Å². The molecule has 1 saturated carbocycles. The van der Waals surface area contributed by atoms with Crippen molar-refractivity contribution in [2.75, 3.05) is 0 Å². The smallest absolute Gasteiger partial charge is 0.125 e. The number of ether oxygens (including phenoxy) is 1. The minimum Gasteiger partial charge on any atom is -0.487 e. The van der Waals surface area contributed by atoms with Gasteiger partial charge >= 0.3 is 0 Å². The molecule has 2 aliphatic rings. The largest absolute Gasteiger partial charge is 0.487 e. The van der Waals surface area contributed by atoms with Crippen molar-refractivity contribution >= 4 is 11.6 Å². The molecule has 1 heterocycles. The van der Waals surface area contributed by atoms with Crippen LogP contribution in [-0.2, 0) is 0 Å². The number of halogens is 1. The molecule has 104 valence electrons. The first kappa shape index (κ1) is 13.3. The van der Waals surface area contributed by atoms with Gasteiger partial charge in [-0.1, -0.05) is 25.4 Å². The van der Waals surface area contributed by atoms with Crippen molar-refractivity contribution in [2.24, 2.45) is 11.1 Å². The van der Waals surface area contributed by atoms with E-state index >= 15 is 0 Å². The molecular formula is C16H22ClNO. The van der Waals surface area contributed by atoms with Crippen molar-refractivity contribution in [1.82, 2.24) is 0 Å². The fourth-order valence-corrected chi connectivity index (χ4v) is 4.07. The monoisotopic (exact) mass is 279 g/mol. The first-order valence-corrected chi connectivity index (χ1v) is 7.51. The zero-order chi connectivity index (χ0) is 13.7. The molecule has 2 atom stereocenters. The maximum Gasteiger partial charge on any atom is 0.125 e. The van der Waals surface area contributed by atoms with Crippen LogP contribution in [0.1, 0.15) is 57.6 Å². The lowest BCUT2D eigenvalue weighted by Crippen LogP contribution is -2.48. The highest BCUT2D eigenvalue weighted by molar-refractivity contribution is 6.30. The van der Waals surface area contributed by atoms with Crippen LogP contribution in [0.5, 0.6) is 5.75 Å². The molecule has 0 saturated heterocycles. The van der Waals surface area contributed by atoms with E-state index in [0.29, 0.717) is 5.41 Å². The predicted octanol–water partition coefficient (Wildman–Crippen LogP) is 4.46. The molecule has 3 heteroatoms. The fraction of sp³-hybridized carbons (Fsp3) is 0.625. The number of hydrogen-bond acceptors (Lipinski definition) is 2. The van der Waals surface area contributed by atoms with Crippen molar-refractivity contribution in [3.63, 3.8) is 0 Å². The topological polar surface area (TPSA) is 35.2 Å².